The molecule has 3 saturated heterocycles. The average molecular weight is 340 g/mol. The Labute approximate surface area is 148 Å². The van der Waals surface area contributed by atoms with Crippen LogP contribution in [0.5, 0.6) is 0 Å². The Morgan fingerprint density at radius 2 is 1.70 bits per heavy atom. The summed E-state index contributed by atoms with van der Waals surface area (Å²) in [5.41, 5.74) is 0. The summed E-state index contributed by atoms with van der Waals surface area (Å²) in [5, 5.41) is 3.61. The first-order valence-electron chi connectivity index (χ1n) is 10.2. The van der Waals surface area contributed by atoms with Crippen LogP contribution in [-0.2, 0) is 0 Å². The van der Waals surface area contributed by atoms with Gasteiger partial charge in [-0.25, -0.2) is 0 Å². The number of hydrogen-bond donors (Lipinski definition) is 1. The first kappa shape index (κ1) is 18.0. The lowest BCUT2D eigenvalue weighted by Gasteiger charge is -2.31. The lowest BCUT2D eigenvalue weighted by molar-refractivity contribution is 0.240. The van der Waals surface area contributed by atoms with Crippen molar-refractivity contribution in [2.45, 2.75) is 70.3 Å². The highest BCUT2D eigenvalue weighted by Crippen LogP contribution is 2.26. The molecule has 23 heavy (non-hydrogen) atoms. The first-order valence-corrected chi connectivity index (χ1v) is 11.2. The lowest BCUT2D eigenvalue weighted by Crippen LogP contribution is -2.31. The van der Waals surface area contributed by atoms with Crippen LogP contribution in [0.15, 0.2) is 0 Å². The van der Waals surface area contributed by atoms with Crippen molar-refractivity contribution >= 4 is 11.9 Å². The first-order chi connectivity index (χ1) is 11.4. The Morgan fingerprint density at radius 1 is 0.870 bits per heavy atom. The summed E-state index contributed by atoms with van der Waals surface area (Å²) in [6.07, 6.45) is 14.2. The van der Waals surface area contributed by atoms with Gasteiger partial charge in [-0.2, -0.15) is 0 Å². The zero-order valence-corrected chi connectivity index (χ0v) is 15.8. The molecule has 0 aromatic rings. The Bertz CT molecular complexity index is 303. The van der Waals surface area contributed by atoms with E-state index in [-0.39, 0.29) is 0 Å². The molecule has 3 nitrogen and oxygen atoms in total. The molecule has 0 saturated carbocycles. The minimum Gasteiger partial charge on any atom is -0.314 e. The second-order valence-electron chi connectivity index (χ2n) is 7.83. The molecule has 3 aliphatic heterocycles. The summed E-state index contributed by atoms with van der Waals surface area (Å²) in [4.78, 5) is 2.68. The predicted octanol–water partition coefficient (Wildman–Crippen LogP) is 3.75. The summed E-state index contributed by atoms with van der Waals surface area (Å²) in [7, 11) is 0. The molecular formula is C19H37N3S. The average Bonchev–Trinajstić information content (AvgIpc) is 3.27. The molecule has 0 spiro atoms. The molecule has 3 aliphatic rings. The molecule has 0 aromatic carbocycles. The standard InChI is InChI=1S/C19H37N3S/c1(6-19-7-5-11-20-19)4-17-23-22-15-9-18(10-16-22)8-14-21-12-2-3-13-21/h18-20H,1-17H2. The maximum atomic E-state index is 3.61. The van der Waals surface area contributed by atoms with E-state index in [1.54, 1.807) is 0 Å². The van der Waals surface area contributed by atoms with E-state index in [0.29, 0.717) is 0 Å². The van der Waals surface area contributed by atoms with Crippen molar-refractivity contribution in [1.82, 2.24) is 14.5 Å². The van der Waals surface area contributed by atoms with Crippen LogP contribution in [0.3, 0.4) is 0 Å². The fourth-order valence-corrected chi connectivity index (χ4v) is 5.45. The van der Waals surface area contributed by atoms with E-state index in [2.05, 4.69) is 26.5 Å². The van der Waals surface area contributed by atoms with Crippen LogP contribution in [0.4, 0.5) is 0 Å². The van der Waals surface area contributed by atoms with Gasteiger partial charge in [-0.1, -0.05) is 18.4 Å². The number of hydrogen-bond acceptors (Lipinski definition) is 4. The number of nitrogens with zero attached hydrogens (tertiary/aromatic N) is 2. The van der Waals surface area contributed by atoms with Crippen molar-refractivity contribution in [2.24, 2.45) is 5.92 Å². The van der Waals surface area contributed by atoms with E-state index in [9.17, 15) is 0 Å². The van der Waals surface area contributed by atoms with Gasteiger partial charge >= 0.3 is 0 Å². The Kier molecular flexibility index (Phi) is 8.05. The Morgan fingerprint density at radius 3 is 2.43 bits per heavy atom. The molecule has 1 N–H and O–H groups in total. The molecule has 1 atom stereocenters. The van der Waals surface area contributed by atoms with E-state index < -0.39 is 0 Å². The molecule has 1 unspecified atom stereocenters. The highest BCUT2D eigenvalue weighted by molar-refractivity contribution is 7.97. The van der Waals surface area contributed by atoms with Gasteiger partial charge in [0.25, 0.3) is 0 Å². The van der Waals surface area contributed by atoms with E-state index in [4.69, 9.17) is 0 Å². The van der Waals surface area contributed by atoms with E-state index >= 15 is 0 Å². The monoisotopic (exact) mass is 339 g/mol. The molecule has 3 rings (SSSR count). The molecular weight excluding hydrogens is 302 g/mol. The molecule has 134 valence electrons. The molecule has 3 fully saturated rings. The number of unbranched alkanes of at least 4 members (excludes halogenated alkanes) is 1. The summed E-state index contributed by atoms with van der Waals surface area (Å²) in [6, 6.07) is 0.839. The van der Waals surface area contributed by atoms with E-state index in [1.165, 1.54) is 109 Å². The van der Waals surface area contributed by atoms with E-state index in [1.807, 2.05) is 0 Å². The third kappa shape index (κ3) is 6.56. The minimum atomic E-state index is 0.839. The minimum absolute atomic E-state index is 0.839. The Balaban J connectivity index is 1.16. The maximum Gasteiger partial charge on any atom is 0.00919 e. The van der Waals surface area contributed by atoms with Crippen LogP contribution >= 0.6 is 11.9 Å². The molecule has 0 aliphatic carbocycles. The maximum absolute atomic E-state index is 3.61. The molecule has 0 aromatic heterocycles. The van der Waals surface area contributed by atoms with Gasteiger partial charge in [-0.05, 0) is 89.9 Å². The van der Waals surface area contributed by atoms with Gasteiger partial charge in [0.1, 0.15) is 0 Å². The number of likely N-dealkylation sites (tertiary alicyclic amines) is 1. The molecule has 4 heteroatoms. The van der Waals surface area contributed by atoms with Gasteiger partial charge in [0.05, 0.1) is 0 Å². The smallest absolute Gasteiger partial charge is 0.00919 e. The van der Waals surface area contributed by atoms with Gasteiger partial charge < -0.3 is 10.2 Å². The van der Waals surface area contributed by atoms with Crippen LogP contribution < -0.4 is 5.32 Å². The fourth-order valence-electron chi connectivity index (χ4n) is 4.39. The zero-order valence-electron chi connectivity index (χ0n) is 15.0. The molecule has 0 amide bonds. The van der Waals surface area contributed by atoms with Crippen LogP contribution in [0, 0.1) is 5.92 Å². The highest BCUT2D eigenvalue weighted by Gasteiger charge is 2.21. The summed E-state index contributed by atoms with van der Waals surface area (Å²) in [6.45, 7) is 8.02. The van der Waals surface area contributed by atoms with Gasteiger partial charge in [0.2, 0.25) is 0 Å². The van der Waals surface area contributed by atoms with Crippen LogP contribution in [-0.4, -0.2) is 60.3 Å². The second-order valence-corrected chi connectivity index (χ2v) is 9.01. The highest BCUT2D eigenvalue weighted by atomic mass is 32.2. The van der Waals surface area contributed by atoms with Crippen molar-refractivity contribution in [3.05, 3.63) is 0 Å². The van der Waals surface area contributed by atoms with Gasteiger partial charge in [-0.15, -0.1) is 0 Å². The molecule has 0 radical (unpaired) electrons. The topological polar surface area (TPSA) is 18.5 Å². The van der Waals surface area contributed by atoms with Gasteiger partial charge in [0.15, 0.2) is 0 Å². The van der Waals surface area contributed by atoms with Crippen molar-refractivity contribution in [3.63, 3.8) is 0 Å². The third-order valence-corrected chi connectivity index (χ3v) is 7.21. The normalized spacial score (nSPS) is 27.9. The van der Waals surface area contributed by atoms with Crippen molar-refractivity contribution in [1.29, 1.82) is 0 Å². The number of rotatable bonds is 9. The summed E-state index contributed by atoms with van der Waals surface area (Å²) < 4.78 is 2.65. The molecule has 3 heterocycles. The largest absolute Gasteiger partial charge is 0.314 e. The SMILES string of the molecule is C(CCC1CCCN1)CSN1CCC(CCN2CCCC2)CC1. The number of nitrogens with one attached hydrogen (secondary N) is 1. The van der Waals surface area contributed by atoms with Crippen LogP contribution in [0.2, 0.25) is 0 Å². The van der Waals surface area contributed by atoms with Crippen LogP contribution in [0.1, 0.15) is 64.2 Å². The zero-order chi connectivity index (χ0) is 15.7. The van der Waals surface area contributed by atoms with Crippen molar-refractivity contribution in [2.75, 3.05) is 45.0 Å². The van der Waals surface area contributed by atoms with Crippen LogP contribution in [0.25, 0.3) is 0 Å². The summed E-state index contributed by atoms with van der Waals surface area (Å²) >= 11 is 2.13. The fraction of sp³-hybridized carbons (Fsp3) is 1.00. The lowest BCUT2D eigenvalue weighted by atomic mass is 9.94. The number of piperidine rings is 1. The Hall–Kier alpha value is 0.230. The van der Waals surface area contributed by atoms with Gasteiger partial charge in [0, 0.05) is 24.9 Å². The van der Waals surface area contributed by atoms with Gasteiger partial charge in [-0.3, -0.25) is 4.31 Å². The summed E-state index contributed by atoms with van der Waals surface area (Å²) in [5.74, 6) is 2.34. The second kappa shape index (κ2) is 10.3. The van der Waals surface area contributed by atoms with E-state index in [0.717, 1.165) is 12.0 Å². The van der Waals surface area contributed by atoms with Crippen molar-refractivity contribution in [3.8, 4) is 0 Å². The van der Waals surface area contributed by atoms with Crippen molar-refractivity contribution < 1.29 is 0 Å². The third-order valence-electron chi connectivity index (χ3n) is 6.01. The molecule has 0 bridgehead atoms. The predicted molar refractivity (Wildman–Crippen MR) is 102 cm³/mol. The quantitative estimate of drug-likeness (QED) is 0.509.